The smallest absolute Gasteiger partial charge is 0.251 e. The third-order valence-electron chi connectivity index (χ3n) is 3.70. The number of anilines is 1. The highest BCUT2D eigenvalue weighted by Crippen LogP contribution is 2.33. The van der Waals surface area contributed by atoms with Crippen molar-refractivity contribution in [2.45, 2.75) is 32.6 Å². The molecule has 24 heavy (non-hydrogen) atoms. The number of rotatable bonds is 5. The number of aryl methyl sites for hydroxylation is 3. The van der Waals surface area contributed by atoms with E-state index in [0.29, 0.717) is 10.6 Å². The molecule has 0 saturated heterocycles. The van der Waals surface area contributed by atoms with Crippen LogP contribution in [0.2, 0.25) is 0 Å². The summed E-state index contributed by atoms with van der Waals surface area (Å²) in [6.07, 6.45) is 0. The normalized spacial score (nSPS) is 10.7. The molecule has 0 atom stereocenters. The lowest BCUT2D eigenvalue weighted by Crippen LogP contribution is -2.18. The minimum atomic E-state index is -0.515. The van der Waals surface area contributed by atoms with E-state index in [1.54, 1.807) is 0 Å². The summed E-state index contributed by atoms with van der Waals surface area (Å²) in [5.74, 6) is -0.390. The summed E-state index contributed by atoms with van der Waals surface area (Å²) in [5, 5.41) is 3.35. The summed E-state index contributed by atoms with van der Waals surface area (Å²) in [6, 6.07) is 4.11. The van der Waals surface area contributed by atoms with Crippen LogP contribution in [0.15, 0.2) is 21.5 Å². The average molecular weight is 427 g/mol. The Morgan fingerprint density at radius 3 is 2.50 bits per heavy atom. The van der Waals surface area contributed by atoms with Crippen molar-refractivity contribution < 1.29 is 9.59 Å². The van der Waals surface area contributed by atoms with Crippen molar-refractivity contribution in [3.63, 3.8) is 0 Å². The van der Waals surface area contributed by atoms with Crippen molar-refractivity contribution in [3.8, 4) is 0 Å². The van der Waals surface area contributed by atoms with Gasteiger partial charge < -0.3 is 11.1 Å². The van der Waals surface area contributed by atoms with E-state index in [4.69, 9.17) is 5.73 Å². The number of nitrogens with one attached hydrogen (secondary N) is 1. The molecule has 0 spiro atoms. The first-order chi connectivity index (χ1) is 11.2. The monoisotopic (exact) mass is 426 g/mol. The van der Waals surface area contributed by atoms with Crippen molar-refractivity contribution in [2.75, 3.05) is 11.1 Å². The fraction of sp³-hybridized carbons (Fsp3) is 0.294. The number of amides is 2. The molecule has 7 heteroatoms. The number of carbonyl (C=O) groups excluding carboxylic acids is 2. The number of halogens is 1. The molecule has 0 aliphatic rings. The molecule has 0 fully saturated rings. The Bertz CT molecular complexity index is 815. The van der Waals surface area contributed by atoms with Crippen LogP contribution in [-0.4, -0.2) is 17.6 Å². The highest BCUT2D eigenvalue weighted by molar-refractivity contribution is 9.10. The second-order valence-electron chi connectivity index (χ2n) is 5.56. The van der Waals surface area contributed by atoms with Crippen LogP contribution in [-0.2, 0) is 4.79 Å². The number of hydrogen-bond acceptors (Lipinski definition) is 4. The summed E-state index contributed by atoms with van der Waals surface area (Å²) in [7, 11) is 0. The van der Waals surface area contributed by atoms with E-state index < -0.39 is 5.91 Å². The van der Waals surface area contributed by atoms with E-state index in [0.717, 1.165) is 30.9 Å². The van der Waals surface area contributed by atoms with Gasteiger partial charge in [-0.25, -0.2) is 0 Å². The molecular weight excluding hydrogens is 408 g/mol. The third-order valence-corrected chi connectivity index (χ3v) is 6.83. The van der Waals surface area contributed by atoms with Crippen LogP contribution in [0.5, 0.6) is 0 Å². The summed E-state index contributed by atoms with van der Waals surface area (Å²) in [4.78, 5) is 25.9. The van der Waals surface area contributed by atoms with Crippen molar-refractivity contribution in [1.82, 2.24) is 0 Å². The van der Waals surface area contributed by atoms with Gasteiger partial charge in [0.25, 0.3) is 5.91 Å². The first-order valence-corrected chi connectivity index (χ1v) is 9.89. The SMILES string of the molecule is Cc1cc(SCC(=O)Nc2sc(C)c(C)c2C(N)=O)c(C)cc1Br. The number of nitrogens with two attached hydrogens (primary N) is 1. The van der Waals surface area contributed by atoms with Gasteiger partial charge in [0.15, 0.2) is 0 Å². The maximum atomic E-state index is 12.3. The Hall–Kier alpha value is -1.31. The molecule has 2 aromatic rings. The predicted octanol–water partition coefficient (Wildman–Crippen LogP) is 4.57. The number of thiophene rings is 1. The molecule has 1 aromatic heterocycles. The quantitative estimate of drug-likeness (QED) is 0.687. The summed E-state index contributed by atoms with van der Waals surface area (Å²) >= 11 is 6.36. The lowest BCUT2D eigenvalue weighted by Gasteiger charge is -2.09. The van der Waals surface area contributed by atoms with Gasteiger partial charge in [-0.15, -0.1) is 23.1 Å². The molecule has 0 saturated carbocycles. The fourth-order valence-electron chi connectivity index (χ4n) is 2.23. The minimum absolute atomic E-state index is 0.149. The molecule has 1 aromatic carbocycles. The first-order valence-electron chi connectivity index (χ1n) is 7.30. The maximum absolute atomic E-state index is 12.3. The van der Waals surface area contributed by atoms with Gasteiger partial charge in [-0.3, -0.25) is 9.59 Å². The Kier molecular flexibility index (Phi) is 6.11. The number of primary amides is 1. The lowest BCUT2D eigenvalue weighted by atomic mass is 10.1. The van der Waals surface area contributed by atoms with E-state index in [2.05, 4.69) is 27.3 Å². The van der Waals surface area contributed by atoms with E-state index in [-0.39, 0.29) is 11.7 Å². The number of benzene rings is 1. The van der Waals surface area contributed by atoms with Gasteiger partial charge in [0.1, 0.15) is 5.00 Å². The predicted molar refractivity (Wildman–Crippen MR) is 105 cm³/mol. The standard InChI is InChI=1S/C17H19BrN2O2S2/c1-8-6-13(9(2)5-12(8)18)23-7-14(21)20-17-15(16(19)22)10(3)11(4)24-17/h5-6H,7H2,1-4H3,(H2,19,22)(H,20,21). The van der Waals surface area contributed by atoms with Gasteiger partial charge in [0, 0.05) is 14.2 Å². The van der Waals surface area contributed by atoms with Gasteiger partial charge in [-0.2, -0.15) is 0 Å². The maximum Gasteiger partial charge on any atom is 0.251 e. The van der Waals surface area contributed by atoms with Crippen molar-refractivity contribution in [1.29, 1.82) is 0 Å². The van der Waals surface area contributed by atoms with E-state index in [9.17, 15) is 9.59 Å². The summed E-state index contributed by atoms with van der Waals surface area (Å²) in [5.41, 5.74) is 8.91. The molecule has 3 N–H and O–H groups in total. The molecule has 0 bridgehead atoms. The van der Waals surface area contributed by atoms with E-state index >= 15 is 0 Å². The Balaban J connectivity index is 2.09. The highest BCUT2D eigenvalue weighted by Gasteiger charge is 2.19. The molecule has 4 nitrogen and oxygen atoms in total. The topological polar surface area (TPSA) is 72.2 Å². The van der Waals surface area contributed by atoms with Crippen molar-refractivity contribution >= 4 is 55.8 Å². The second-order valence-corrected chi connectivity index (χ2v) is 8.65. The van der Waals surface area contributed by atoms with Gasteiger partial charge in [-0.05, 0) is 56.5 Å². The summed E-state index contributed by atoms with van der Waals surface area (Å²) < 4.78 is 1.06. The van der Waals surface area contributed by atoms with Crippen LogP contribution in [0.4, 0.5) is 5.00 Å². The number of hydrogen-bond donors (Lipinski definition) is 2. The molecule has 2 rings (SSSR count). The minimum Gasteiger partial charge on any atom is -0.365 e. The van der Waals surface area contributed by atoms with Gasteiger partial charge >= 0.3 is 0 Å². The largest absolute Gasteiger partial charge is 0.365 e. The Morgan fingerprint density at radius 2 is 1.88 bits per heavy atom. The first kappa shape index (κ1) is 19.0. The van der Waals surface area contributed by atoms with Crippen molar-refractivity contribution in [3.05, 3.63) is 43.7 Å². The molecular formula is C17H19BrN2O2S2. The zero-order chi connectivity index (χ0) is 18.0. The Labute approximate surface area is 158 Å². The van der Waals surface area contributed by atoms with E-state index in [1.165, 1.54) is 23.1 Å². The van der Waals surface area contributed by atoms with Crippen LogP contribution in [0.3, 0.4) is 0 Å². The van der Waals surface area contributed by atoms with Crippen LogP contribution in [0.25, 0.3) is 0 Å². The molecule has 1 heterocycles. The van der Waals surface area contributed by atoms with Crippen LogP contribution < -0.4 is 11.1 Å². The highest BCUT2D eigenvalue weighted by atomic mass is 79.9. The molecule has 2 amide bonds. The number of thioether (sulfide) groups is 1. The van der Waals surface area contributed by atoms with Gasteiger partial charge in [0.05, 0.1) is 11.3 Å². The second kappa shape index (κ2) is 7.72. The fourth-order valence-corrected chi connectivity index (χ4v) is 4.67. The zero-order valence-electron chi connectivity index (χ0n) is 14.0. The molecule has 0 unspecified atom stereocenters. The van der Waals surface area contributed by atoms with Gasteiger partial charge in [0.2, 0.25) is 5.91 Å². The van der Waals surface area contributed by atoms with Gasteiger partial charge in [-0.1, -0.05) is 15.9 Å². The third kappa shape index (κ3) is 4.20. The lowest BCUT2D eigenvalue weighted by molar-refractivity contribution is -0.113. The van der Waals surface area contributed by atoms with Crippen LogP contribution in [0.1, 0.15) is 31.9 Å². The molecule has 0 radical (unpaired) electrons. The number of carbonyl (C=O) groups is 2. The average Bonchev–Trinajstić information content (AvgIpc) is 2.76. The van der Waals surface area contributed by atoms with Crippen molar-refractivity contribution in [2.24, 2.45) is 5.73 Å². The Morgan fingerprint density at radius 1 is 1.21 bits per heavy atom. The summed E-state index contributed by atoms with van der Waals surface area (Å²) in [6.45, 7) is 7.78. The molecule has 0 aliphatic heterocycles. The van der Waals surface area contributed by atoms with Crippen LogP contribution >= 0.6 is 39.0 Å². The van der Waals surface area contributed by atoms with E-state index in [1.807, 2.05) is 33.8 Å². The molecule has 0 aliphatic carbocycles. The zero-order valence-corrected chi connectivity index (χ0v) is 17.2. The van der Waals surface area contributed by atoms with Crippen LogP contribution in [0, 0.1) is 27.7 Å². The molecule has 128 valence electrons.